The topological polar surface area (TPSA) is 80.8 Å². The summed E-state index contributed by atoms with van der Waals surface area (Å²) in [6, 6.07) is 7.71. The third-order valence-electron chi connectivity index (χ3n) is 6.30. The molecule has 170 valence electrons. The molecule has 1 aliphatic rings. The smallest absolute Gasteiger partial charge is 0.307 e. The monoisotopic (exact) mass is 455 g/mol. The first-order chi connectivity index (χ1) is 15.2. The average Bonchev–Trinajstić information content (AvgIpc) is 3.08. The van der Waals surface area contributed by atoms with Crippen molar-refractivity contribution in [1.82, 2.24) is 4.98 Å². The van der Waals surface area contributed by atoms with Gasteiger partial charge in [0.25, 0.3) is 0 Å². The Morgan fingerprint density at radius 3 is 2.50 bits per heavy atom. The molecule has 0 radical (unpaired) electrons. The molecule has 3 aromatic rings. The molecule has 2 heterocycles. The third-order valence-corrected chi connectivity index (χ3v) is 7.17. The van der Waals surface area contributed by atoms with Gasteiger partial charge in [-0.25, -0.2) is 0 Å². The normalized spacial score (nSPS) is 17.5. The summed E-state index contributed by atoms with van der Waals surface area (Å²) in [7, 11) is 1.72. The number of benzene rings is 2. The van der Waals surface area contributed by atoms with E-state index in [4.69, 9.17) is 14.2 Å². The summed E-state index contributed by atoms with van der Waals surface area (Å²) in [4.78, 5) is 14.1. The van der Waals surface area contributed by atoms with Gasteiger partial charge in [0.05, 0.1) is 12.0 Å². The molecule has 6 nitrogen and oxygen atoms in total. The molecule has 0 bridgehead atoms. The fourth-order valence-electron chi connectivity index (χ4n) is 4.29. The highest BCUT2D eigenvalue weighted by Crippen LogP contribution is 2.43. The van der Waals surface area contributed by atoms with E-state index >= 15 is 0 Å². The van der Waals surface area contributed by atoms with E-state index in [2.05, 4.69) is 32.7 Å². The van der Waals surface area contributed by atoms with Crippen LogP contribution in [0.3, 0.4) is 0 Å². The van der Waals surface area contributed by atoms with Crippen LogP contribution in [0.1, 0.15) is 46.0 Å². The van der Waals surface area contributed by atoms with Crippen LogP contribution in [-0.2, 0) is 12.8 Å². The van der Waals surface area contributed by atoms with Gasteiger partial charge < -0.3 is 19.3 Å². The third kappa shape index (κ3) is 4.21. The van der Waals surface area contributed by atoms with Crippen LogP contribution in [-0.4, -0.2) is 29.4 Å². The molecule has 0 saturated carbocycles. The van der Waals surface area contributed by atoms with Gasteiger partial charge in [0.15, 0.2) is 0 Å². The molecule has 0 aliphatic carbocycles. The summed E-state index contributed by atoms with van der Waals surface area (Å²) in [5.74, 6) is 2.61. The maximum absolute atomic E-state index is 11.4. The van der Waals surface area contributed by atoms with E-state index in [-0.39, 0.29) is 10.8 Å². The first kappa shape index (κ1) is 22.3. The zero-order valence-electron chi connectivity index (χ0n) is 19.1. The van der Waals surface area contributed by atoms with Crippen LogP contribution in [0, 0.1) is 20.8 Å². The maximum atomic E-state index is 11.4. The second-order valence-corrected chi connectivity index (χ2v) is 9.73. The maximum Gasteiger partial charge on any atom is 0.307 e. The lowest BCUT2D eigenvalue weighted by Gasteiger charge is -2.37. The van der Waals surface area contributed by atoms with Crippen LogP contribution in [0.15, 0.2) is 29.1 Å². The average molecular weight is 456 g/mol. The Hall–Kier alpha value is -2.93. The number of aromatic nitrogens is 1. The van der Waals surface area contributed by atoms with Crippen molar-refractivity contribution in [3.05, 3.63) is 66.6 Å². The Balaban J connectivity index is 1.44. The molecule has 0 fully saturated rings. The van der Waals surface area contributed by atoms with E-state index < -0.39 is 5.60 Å². The second-order valence-electron chi connectivity index (χ2n) is 8.66. The van der Waals surface area contributed by atoms with Gasteiger partial charge in [0, 0.05) is 12.0 Å². The molecule has 1 unspecified atom stereocenters. The molecule has 1 atom stereocenters. The number of rotatable bonds is 6. The van der Waals surface area contributed by atoms with Crippen molar-refractivity contribution in [1.29, 1.82) is 0 Å². The lowest BCUT2D eigenvalue weighted by Crippen LogP contribution is -2.42. The number of hydrogen-bond donors (Lipinski definition) is 2. The van der Waals surface area contributed by atoms with Gasteiger partial charge in [0.2, 0.25) is 5.88 Å². The van der Waals surface area contributed by atoms with E-state index in [1.54, 1.807) is 7.11 Å². The zero-order chi connectivity index (χ0) is 23.0. The summed E-state index contributed by atoms with van der Waals surface area (Å²) in [6.45, 7) is 8.78. The van der Waals surface area contributed by atoms with E-state index in [9.17, 15) is 9.90 Å². The van der Waals surface area contributed by atoms with Crippen LogP contribution in [0.25, 0.3) is 0 Å². The summed E-state index contributed by atoms with van der Waals surface area (Å²) in [5, 5.41) is 9.77. The van der Waals surface area contributed by atoms with Gasteiger partial charge in [-0.05, 0) is 74.9 Å². The number of H-pyrrole nitrogens is 1. The SMILES string of the molecule is COc1c(C)c(C)c2c(c1C)CCC(C)(COc1ccc(Cc3sc(=O)[nH]c3O)cc1)O2. The molecule has 1 aliphatic heterocycles. The molecular weight excluding hydrogens is 426 g/mol. The Labute approximate surface area is 191 Å². The summed E-state index contributed by atoms with van der Waals surface area (Å²) < 4.78 is 18.2. The number of methoxy groups -OCH3 is 1. The first-order valence-corrected chi connectivity index (χ1v) is 11.5. The molecule has 0 saturated heterocycles. The molecular formula is C25H29NO5S. The largest absolute Gasteiger partial charge is 0.496 e. The van der Waals surface area contributed by atoms with E-state index in [0.29, 0.717) is 17.9 Å². The van der Waals surface area contributed by atoms with Crippen molar-refractivity contribution in [2.24, 2.45) is 0 Å². The number of ether oxygens (including phenoxy) is 3. The van der Waals surface area contributed by atoms with Gasteiger partial charge in [-0.1, -0.05) is 23.5 Å². The summed E-state index contributed by atoms with van der Waals surface area (Å²) in [5.41, 5.74) is 5.18. The number of nitrogens with one attached hydrogen (secondary N) is 1. The second kappa shape index (κ2) is 8.54. The molecule has 0 amide bonds. The van der Waals surface area contributed by atoms with E-state index in [1.807, 2.05) is 24.3 Å². The highest BCUT2D eigenvalue weighted by Gasteiger charge is 2.35. The Morgan fingerprint density at radius 1 is 1.16 bits per heavy atom. The Bertz CT molecular complexity index is 1190. The molecule has 2 N–H and O–H groups in total. The minimum atomic E-state index is -0.424. The predicted molar refractivity (Wildman–Crippen MR) is 126 cm³/mol. The van der Waals surface area contributed by atoms with Crippen molar-refractivity contribution < 1.29 is 19.3 Å². The van der Waals surface area contributed by atoms with Gasteiger partial charge in [-0.2, -0.15) is 0 Å². The zero-order valence-corrected chi connectivity index (χ0v) is 19.9. The minimum Gasteiger partial charge on any atom is -0.496 e. The van der Waals surface area contributed by atoms with Crippen LogP contribution < -0.4 is 19.1 Å². The number of hydrogen-bond acceptors (Lipinski definition) is 6. The lowest BCUT2D eigenvalue weighted by atomic mass is 9.87. The van der Waals surface area contributed by atoms with Gasteiger partial charge in [0.1, 0.15) is 29.5 Å². The lowest BCUT2D eigenvalue weighted by molar-refractivity contribution is 0.0166. The highest BCUT2D eigenvalue weighted by atomic mass is 32.1. The quantitative estimate of drug-likeness (QED) is 0.557. The number of aromatic hydroxyl groups is 1. The van der Waals surface area contributed by atoms with Crippen LogP contribution in [0.4, 0.5) is 0 Å². The molecule has 0 spiro atoms. The van der Waals surface area contributed by atoms with Crippen LogP contribution >= 0.6 is 11.3 Å². The van der Waals surface area contributed by atoms with Gasteiger partial charge in [-0.15, -0.1) is 0 Å². The van der Waals surface area contributed by atoms with Gasteiger partial charge in [-0.3, -0.25) is 9.78 Å². The number of fused-ring (bicyclic) bond motifs is 1. The van der Waals surface area contributed by atoms with E-state index in [0.717, 1.165) is 63.7 Å². The fraction of sp³-hybridized carbons (Fsp3) is 0.400. The Kier molecular flexibility index (Phi) is 5.95. The minimum absolute atomic E-state index is 0.0543. The van der Waals surface area contributed by atoms with Crippen molar-refractivity contribution in [2.75, 3.05) is 13.7 Å². The van der Waals surface area contributed by atoms with Crippen molar-refractivity contribution in [2.45, 2.75) is 52.6 Å². The van der Waals surface area contributed by atoms with E-state index in [1.165, 1.54) is 5.56 Å². The summed E-state index contributed by atoms with van der Waals surface area (Å²) >= 11 is 1.02. The molecule has 4 rings (SSSR count). The van der Waals surface area contributed by atoms with Crippen LogP contribution in [0.5, 0.6) is 23.1 Å². The van der Waals surface area contributed by atoms with Crippen molar-refractivity contribution >= 4 is 11.3 Å². The molecule has 2 aromatic carbocycles. The van der Waals surface area contributed by atoms with Crippen molar-refractivity contribution in [3.8, 4) is 23.1 Å². The standard InChI is InChI=1S/C25H29NO5S/c1-14-15(2)22-19(16(3)21(14)29-5)10-11-25(4,31-22)13-30-18-8-6-17(7-9-18)12-20-23(27)26-24(28)32-20/h6-9,27H,10-13H2,1-5H3,(H,26,28). The van der Waals surface area contributed by atoms with Crippen LogP contribution in [0.2, 0.25) is 0 Å². The molecule has 32 heavy (non-hydrogen) atoms. The number of aromatic amines is 1. The van der Waals surface area contributed by atoms with Crippen molar-refractivity contribution in [3.63, 3.8) is 0 Å². The Morgan fingerprint density at radius 2 is 1.88 bits per heavy atom. The first-order valence-electron chi connectivity index (χ1n) is 10.7. The van der Waals surface area contributed by atoms with Gasteiger partial charge >= 0.3 is 4.87 Å². The summed E-state index contributed by atoms with van der Waals surface area (Å²) in [6.07, 6.45) is 2.27. The highest BCUT2D eigenvalue weighted by molar-refractivity contribution is 7.09. The molecule has 7 heteroatoms. The fourth-order valence-corrected chi connectivity index (χ4v) is 5.04. The number of thiazole rings is 1. The molecule has 1 aromatic heterocycles. The predicted octanol–water partition coefficient (Wildman–Crippen LogP) is 4.83.